The second-order valence-corrected chi connectivity index (χ2v) is 14.6. The van der Waals surface area contributed by atoms with Crippen LogP contribution >= 0.6 is 0 Å². The molecule has 280 valence electrons. The van der Waals surface area contributed by atoms with Crippen molar-refractivity contribution >= 4 is 0 Å². The highest BCUT2D eigenvalue weighted by molar-refractivity contribution is 4.93. The average molecular weight is 670 g/mol. The zero-order valence-corrected chi connectivity index (χ0v) is 32.7. The molecule has 0 aromatic carbocycles. The van der Waals surface area contributed by atoms with E-state index in [0.717, 1.165) is 51.7 Å². The predicted octanol–water partition coefficient (Wildman–Crippen LogP) is 13.9. The summed E-state index contributed by atoms with van der Waals surface area (Å²) in [7, 11) is 0. The molecule has 3 heteroatoms. The monoisotopic (exact) mass is 670 g/mol. The Bertz CT molecular complexity index is 756. The van der Waals surface area contributed by atoms with Crippen molar-refractivity contribution in [2.45, 2.75) is 206 Å². The van der Waals surface area contributed by atoms with E-state index < -0.39 is 0 Å². The smallest absolute Gasteiger partial charge is 0.0820 e. The molecule has 1 heterocycles. The SMILES string of the molecule is CCCCC/C=C/C/C=C/CCCCCCCCOCC(CCN1CCCC1C)OCCCCCCCC/C=C/C/C=C/CCCCC. The lowest BCUT2D eigenvalue weighted by molar-refractivity contribution is -0.0265. The van der Waals surface area contributed by atoms with E-state index in [1.54, 1.807) is 0 Å². The summed E-state index contributed by atoms with van der Waals surface area (Å²) in [6.45, 7) is 11.9. The molecule has 2 unspecified atom stereocenters. The molecule has 3 nitrogen and oxygen atoms in total. The summed E-state index contributed by atoms with van der Waals surface area (Å²) >= 11 is 0. The molecule has 0 bridgehead atoms. The van der Waals surface area contributed by atoms with Gasteiger partial charge in [0.05, 0.1) is 12.7 Å². The Morgan fingerprint density at radius 2 is 1.02 bits per heavy atom. The van der Waals surface area contributed by atoms with Crippen LogP contribution in [0.1, 0.15) is 194 Å². The Labute approximate surface area is 301 Å². The topological polar surface area (TPSA) is 21.7 Å². The molecule has 0 spiro atoms. The lowest BCUT2D eigenvalue weighted by Crippen LogP contribution is -2.32. The van der Waals surface area contributed by atoms with Crippen LogP contribution in [0.5, 0.6) is 0 Å². The fourth-order valence-corrected chi connectivity index (χ4v) is 6.60. The van der Waals surface area contributed by atoms with E-state index in [0.29, 0.717) is 0 Å². The molecule has 0 radical (unpaired) electrons. The number of hydrogen-bond donors (Lipinski definition) is 0. The Morgan fingerprint density at radius 3 is 1.50 bits per heavy atom. The van der Waals surface area contributed by atoms with E-state index in [-0.39, 0.29) is 6.10 Å². The molecule has 48 heavy (non-hydrogen) atoms. The van der Waals surface area contributed by atoms with Crippen LogP contribution in [-0.2, 0) is 9.47 Å². The van der Waals surface area contributed by atoms with Gasteiger partial charge < -0.3 is 14.4 Å². The Morgan fingerprint density at radius 1 is 0.562 bits per heavy atom. The first kappa shape index (κ1) is 44.9. The van der Waals surface area contributed by atoms with E-state index in [9.17, 15) is 0 Å². The van der Waals surface area contributed by atoms with Gasteiger partial charge in [-0.2, -0.15) is 0 Å². The average Bonchev–Trinajstić information content (AvgIpc) is 3.51. The normalized spacial score (nSPS) is 16.6. The minimum Gasteiger partial charge on any atom is -0.379 e. The summed E-state index contributed by atoms with van der Waals surface area (Å²) in [5.41, 5.74) is 0. The van der Waals surface area contributed by atoms with Crippen LogP contribution in [0, 0.1) is 0 Å². The van der Waals surface area contributed by atoms with Crippen molar-refractivity contribution in [1.29, 1.82) is 0 Å². The molecule has 1 rings (SSSR count). The number of allylic oxidation sites excluding steroid dienone is 8. The van der Waals surface area contributed by atoms with E-state index >= 15 is 0 Å². The third-order valence-corrected chi connectivity index (χ3v) is 9.92. The third-order valence-electron chi connectivity index (χ3n) is 9.92. The molecule has 1 aliphatic heterocycles. The van der Waals surface area contributed by atoms with Crippen molar-refractivity contribution in [3.05, 3.63) is 48.6 Å². The summed E-state index contributed by atoms with van der Waals surface area (Å²) in [6, 6.07) is 0.734. The van der Waals surface area contributed by atoms with Gasteiger partial charge in [0.1, 0.15) is 0 Å². The van der Waals surface area contributed by atoms with Crippen LogP contribution in [0.2, 0.25) is 0 Å². The van der Waals surface area contributed by atoms with Gasteiger partial charge in [0.25, 0.3) is 0 Å². The van der Waals surface area contributed by atoms with Crippen molar-refractivity contribution in [3.63, 3.8) is 0 Å². The van der Waals surface area contributed by atoms with Gasteiger partial charge in [-0.3, -0.25) is 0 Å². The van der Waals surface area contributed by atoms with Gasteiger partial charge >= 0.3 is 0 Å². The Balaban J connectivity index is 2.04. The number of rotatable bonds is 36. The molecule has 0 saturated carbocycles. The maximum absolute atomic E-state index is 6.41. The van der Waals surface area contributed by atoms with E-state index in [1.807, 2.05) is 0 Å². The van der Waals surface area contributed by atoms with Crippen LogP contribution in [0.3, 0.4) is 0 Å². The largest absolute Gasteiger partial charge is 0.379 e. The van der Waals surface area contributed by atoms with Gasteiger partial charge in [-0.15, -0.1) is 0 Å². The van der Waals surface area contributed by atoms with Crippen LogP contribution in [-0.4, -0.2) is 50.0 Å². The molecule has 2 atom stereocenters. The summed E-state index contributed by atoms with van der Waals surface area (Å²) in [5, 5.41) is 0. The van der Waals surface area contributed by atoms with E-state index in [2.05, 4.69) is 74.3 Å². The highest BCUT2D eigenvalue weighted by Crippen LogP contribution is 2.18. The fourth-order valence-electron chi connectivity index (χ4n) is 6.60. The third kappa shape index (κ3) is 30.9. The predicted molar refractivity (Wildman–Crippen MR) is 214 cm³/mol. The van der Waals surface area contributed by atoms with Crippen molar-refractivity contribution in [2.24, 2.45) is 0 Å². The molecule has 0 aromatic heterocycles. The molecule has 0 aromatic rings. The van der Waals surface area contributed by atoms with Crippen LogP contribution in [0.15, 0.2) is 48.6 Å². The molecule has 0 amide bonds. The quantitative estimate of drug-likeness (QED) is 0.0489. The van der Waals surface area contributed by atoms with Gasteiger partial charge in [0.2, 0.25) is 0 Å². The Hall–Kier alpha value is -1.16. The number of nitrogens with zero attached hydrogens (tertiary/aromatic N) is 1. The molecule has 1 fully saturated rings. The number of ether oxygens (including phenoxy) is 2. The molecule has 1 saturated heterocycles. The van der Waals surface area contributed by atoms with Gasteiger partial charge in [-0.25, -0.2) is 0 Å². The van der Waals surface area contributed by atoms with Crippen molar-refractivity contribution in [2.75, 3.05) is 32.9 Å². The maximum atomic E-state index is 6.41. The fraction of sp³-hybridized carbons (Fsp3) is 0.822. The summed E-state index contributed by atoms with van der Waals surface area (Å²) in [6.07, 6.45) is 53.8. The second-order valence-electron chi connectivity index (χ2n) is 14.6. The summed E-state index contributed by atoms with van der Waals surface area (Å²) in [4.78, 5) is 2.65. The standard InChI is InChI=1S/C45H83NO2/c1-4-6-8-10-12-14-16-18-20-22-24-26-28-30-32-34-41-47-43-45(38-40-46-39-36-37-44(46)3)48-42-35-33-31-29-27-25-23-21-19-17-15-13-11-9-7-5-2/h12-15,18-21,44-45H,4-11,16-17,22-43H2,1-3H3/b14-12+,15-13+,20-18+,21-19+. The van der Waals surface area contributed by atoms with Gasteiger partial charge in [-0.1, -0.05) is 140 Å². The second kappa shape index (κ2) is 37.1. The zero-order chi connectivity index (χ0) is 34.4. The highest BCUT2D eigenvalue weighted by atomic mass is 16.5. The first-order chi connectivity index (χ1) is 23.8. The first-order valence-electron chi connectivity index (χ1n) is 21.3. The number of hydrogen-bond acceptors (Lipinski definition) is 3. The van der Waals surface area contributed by atoms with Gasteiger partial charge in [-0.05, 0) is 110 Å². The summed E-state index contributed by atoms with van der Waals surface area (Å²) < 4.78 is 12.6. The maximum Gasteiger partial charge on any atom is 0.0820 e. The van der Waals surface area contributed by atoms with Crippen molar-refractivity contribution < 1.29 is 9.47 Å². The van der Waals surface area contributed by atoms with E-state index in [1.165, 1.54) is 161 Å². The summed E-state index contributed by atoms with van der Waals surface area (Å²) in [5.74, 6) is 0. The van der Waals surface area contributed by atoms with Crippen LogP contribution < -0.4 is 0 Å². The first-order valence-corrected chi connectivity index (χ1v) is 21.3. The van der Waals surface area contributed by atoms with Crippen LogP contribution in [0.25, 0.3) is 0 Å². The molecule has 1 aliphatic rings. The van der Waals surface area contributed by atoms with Gasteiger partial charge in [0, 0.05) is 25.8 Å². The number of unbranched alkanes of at least 4 members (excludes halogenated alkanes) is 18. The van der Waals surface area contributed by atoms with E-state index in [4.69, 9.17) is 9.47 Å². The highest BCUT2D eigenvalue weighted by Gasteiger charge is 2.21. The number of likely N-dealkylation sites (tertiary alicyclic amines) is 1. The Kier molecular flexibility index (Phi) is 34.7. The molecular formula is C45H83NO2. The van der Waals surface area contributed by atoms with Crippen LogP contribution in [0.4, 0.5) is 0 Å². The van der Waals surface area contributed by atoms with Crippen molar-refractivity contribution in [3.8, 4) is 0 Å². The van der Waals surface area contributed by atoms with Gasteiger partial charge in [0.15, 0.2) is 0 Å². The molecule has 0 N–H and O–H groups in total. The minimum absolute atomic E-state index is 0.250. The lowest BCUT2D eigenvalue weighted by atomic mass is 10.1. The molecular weight excluding hydrogens is 587 g/mol. The zero-order valence-electron chi connectivity index (χ0n) is 32.7. The molecule has 0 aliphatic carbocycles. The van der Waals surface area contributed by atoms with Crippen molar-refractivity contribution in [1.82, 2.24) is 4.90 Å². The lowest BCUT2D eigenvalue weighted by Gasteiger charge is -2.24. The minimum atomic E-state index is 0.250.